The molecule has 0 atom stereocenters. The maximum atomic E-state index is 5.27. The van der Waals surface area contributed by atoms with Crippen LogP contribution in [0.4, 0.5) is 0 Å². The lowest BCUT2D eigenvalue weighted by Crippen LogP contribution is -1.93. The van der Waals surface area contributed by atoms with Crippen LogP contribution in [0.2, 0.25) is 0 Å². The fourth-order valence-electron chi connectivity index (χ4n) is 1.13. The zero-order valence-corrected chi connectivity index (χ0v) is 6.95. The fraction of sp³-hybridized carbons (Fsp3) is 0.100. The van der Waals surface area contributed by atoms with Gasteiger partial charge in [-0.25, -0.2) is 4.98 Å². The van der Waals surface area contributed by atoms with Crippen LogP contribution in [-0.2, 0) is 0 Å². The molecule has 2 aromatic heterocycles. The average Bonchev–Trinajstić information content (AvgIpc) is 2.62. The van der Waals surface area contributed by atoms with Crippen molar-refractivity contribution in [3.05, 3.63) is 30.3 Å². The molecule has 3 nitrogen and oxygen atoms in total. The van der Waals surface area contributed by atoms with Gasteiger partial charge in [0.25, 0.3) is 0 Å². The van der Waals surface area contributed by atoms with Gasteiger partial charge in [0.1, 0.15) is 11.3 Å². The first kappa shape index (κ1) is 7.84. The fourth-order valence-corrected chi connectivity index (χ4v) is 1.13. The summed E-state index contributed by atoms with van der Waals surface area (Å²) < 4.78 is 5.20. The number of nitrogens with two attached hydrogens (primary N) is 1. The maximum absolute atomic E-state index is 5.27. The van der Waals surface area contributed by atoms with E-state index in [1.165, 1.54) is 0 Å². The molecule has 0 aliphatic heterocycles. The third kappa shape index (κ3) is 1.40. The maximum Gasteiger partial charge on any atom is 0.138 e. The molecule has 2 rings (SSSR count). The van der Waals surface area contributed by atoms with Crippen molar-refractivity contribution in [2.45, 2.75) is 0 Å². The number of nitrogens with zero attached hydrogens (tertiary/aromatic N) is 1. The molecule has 0 saturated heterocycles. The molecular formula is C10H8N2O. The molecule has 0 saturated carbocycles. The SMILES string of the molecule is NCC#Cc1nccc2occc12. The van der Waals surface area contributed by atoms with E-state index in [0.717, 1.165) is 16.7 Å². The molecule has 3 heteroatoms. The van der Waals surface area contributed by atoms with Crippen LogP contribution in [0, 0.1) is 11.8 Å². The van der Waals surface area contributed by atoms with Gasteiger partial charge >= 0.3 is 0 Å². The van der Waals surface area contributed by atoms with Crippen LogP contribution < -0.4 is 5.73 Å². The number of aromatic nitrogens is 1. The first-order chi connectivity index (χ1) is 6.42. The molecule has 2 heterocycles. The molecule has 0 unspecified atom stereocenters. The molecule has 0 aromatic carbocycles. The van der Waals surface area contributed by atoms with Crippen molar-refractivity contribution in [1.29, 1.82) is 0 Å². The third-order valence-corrected chi connectivity index (χ3v) is 1.69. The predicted molar refractivity (Wildman–Crippen MR) is 49.9 cm³/mol. The van der Waals surface area contributed by atoms with Crippen LogP contribution in [0.5, 0.6) is 0 Å². The van der Waals surface area contributed by atoms with Crippen molar-refractivity contribution < 1.29 is 4.42 Å². The van der Waals surface area contributed by atoms with Gasteiger partial charge in [-0.1, -0.05) is 5.92 Å². The zero-order valence-electron chi connectivity index (χ0n) is 6.95. The summed E-state index contributed by atoms with van der Waals surface area (Å²) in [5, 5.41) is 0.934. The molecule has 64 valence electrons. The van der Waals surface area contributed by atoms with E-state index in [1.54, 1.807) is 12.5 Å². The van der Waals surface area contributed by atoms with Crippen molar-refractivity contribution >= 4 is 11.0 Å². The van der Waals surface area contributed by atoms with Gasteiger partial charge in [-0.15, -0.1) is 0 Å². The minimum atomic E-state index is 0.343. The Balaban J connectivity index is 2.61. The first-order valence-electron chi connectivity index (χ1n) is 3.93. The van der Waals surface area contributed by atoms with Gasteiger partial charge in [-0.2, -0.15) is 0 Å². The number of hydrogen-bond donors (Lipinski definition) is 1. The quantitative estimate of drug-likeness (QED) is 0.606. The van der Waals surface area contributed by atoms with Crippen LogP contribution in [0.1, 0.15) is 5.69 Å². The summed E-state index contributed by atoms with van der Waals surface area (Å²) in [5.41, 5.74) is 6.79. The Bertz CT molecular complexity index is 476. The number of pyridine rings is 1. The van der Waals surface area contributed by atoms with Crippen LogP contribution in [-0.4, -0.2) is 11.5 Å². The van der Waals surface area contributed by atoms with E-state index >= 15 is 0 Å². The van der Waals surface area contributed by atoms with Gasteiger partial charge in [-0.05, 0) is 18.1 Å². The molecule has 2 aromatic rings. The molecule has 13 heavy (non-hydrogen) atoms. The van der Waals surface area contributed by atoms with E-state index in [-0.39, 0.29) is 0 Å². The number of rotatable bonds is 0. The van der Waals surface area contributed by atoms with E-state index in [9.17, 15) is 0 Å². The Morgan fingerprint density at radius 3 is 3.23 bits per heavy atom. The summed E-state index contributed by atoms with van der Waals surface area (Å²) in [6.07, 6.45) is 3.30. The van der Waals surface area contributed by atoms with E-state index in [0.29, 0.717) is 6.54 Å². The lowest BCUT2D eigenvalue weighted by Gasteiger charge is -1.90. The Hall–Kier alpha value is -1.79. The van der Waals surface area contributed by atoms with Crippen molar-refractivity contribution in [2.24, 2.45) is 5.73 Å². The summed E-state index contributed by atoms with van der Waals surface area (Å²) in [4.78, 5) is 4.13. The van der Waals surface area contributed by atoms with Gasteiger partial charge in [0.15, 0.2) is 0 Å². The van der Waals surface area contributed by atoms with Crippen molar-refractivity contribution in [1.82, 2.24) is 4.98 Å². The molecule has 0 fully saturated rings. The van der Waals surface area contributed by atoms with Crippen molar-refractivity contribution in [3.8, 4) is 11.8 Å². The monoisotopic (exact) mass is 172 g/mol. The number of hydrogen-bond acceptors (Lipinski definition) is 3. The van der Waals surface area contributed by atoms with Crippen LogP contribution in [0.15, 0.2) is 29.0 Å². The lowest BCUT2D eigenvalue weighted by molar-refractivity contribution is 0.615. The van der Waals surface area contributed by atoms with Gasteiger partial charge in [0.05, 0.1) is 18.2 Å². The summed E-state index contributed by atoms with van der Waals surface area (Å²) in [5.74, 6) is 5.65. The molecule has 0 bridgehead atoms. The lowest BCUT2D eigenvalue weighted by atomic mass is 10.2. The summed E-state index contributed by atoms with van der Waals surface area (Å²) in [6, 6.07) is 3.66. The summed E-state index contributed by atoms with van der Waals surface area (Å²) >= 11 is 0. The normalized spacial score (nSPS) is 9.62. The van der Waals surface area contributed by atoms with Gasteiger partial charge < -0.3 is 10.2 Å². The van der Waals surface area contributed by atoms with E-state index < -0.39 is 0 Å². The van der Waals surface area contributed by atoms with Crippen LogP contribution >= 0.6 is 0 Å². The molecule has 0 spiro atoms. The van der Waals surface area contributed by atoms with Gasteiger partial charge in [-0.3, -0.25) is 0 Å². The Labute approximate surface area is 75.6 Å². The summed E-state index contributed by atoms with van der Waals surface area (Å²) in [6.45, 7) is 0.343. The van der Waals surface area contributed by atoms with Gasteiger partial charge in [0, 0.05) is 6.20 Å². The second-order valence-corrected chi connectivity index (χ2v) is 2.50. The first-order valence-corrected chi connectivity index (χ1v) is 3.93. The van der Waals surface area contributed by atoms with E-state index in [2.05, 4.69) is 16.8 Å². The Kier molecular flexibility index (Phi) is 1.99. The molecule has 0 radical (unpaired) electrons. The largest absolute Gasteiger partial charge is 0.464 e. The minimum Gasteiger partial charge on any atom is -0.464 e. The zero-order chi connectivity index (χ0) is 9.10. The molecule has 0 amide bonds. The Morgan fingerprint density at radius 2 is 2.38 bits per heavy atom. The smallest absolute Gasteiger partial charge is 0.138 e. The number of furan rings is 1. The molecular weight excluding hydrogens is 164 g/mol. The van der Waals surface area contributed by atoms with Crippen molar-refractivity contribution in [3.63, 3.8) is 0 Å². The summed E-state index contributed by atoms with van der Waals surface area (Å²) in [7, 11) is 0. The third-order valence-electron chi connectivity index (χ3n) is 1.69. The standard InChI is InChI=1S/C10H8N2O/c11-5-1-2-9-8-4-7-13-10(8)3-6-12-9/h3-4,6-7H,5,11H2. The number of fused-ring (bicyclic) bond motifs is 1. The van der Waals surface area contributed by atoms with E-state index in [1.807, 2.05) is 12.1 Å². The van der Waals surface area contributed by atoms with Crippen molar-refractivity contribution in [2.75, 3.05) is 6.54 Å². The minimum absolute atomic E-state index is 0.343. The van der Waals surface area contributed by atoms with Crippen LogP contribution in [0.25, 0.3) is 11.0 Å². The highest BCUT2D eigenvalue weighted by molar-refractivity contribution is 5.81. The predicted octanol–water partition coefficient (Wildman–Crippen LogP) is 1.14. The van der Waals surface area contributed by atoms with Gasteiger partial charge in [0.2, 0.25) is 0 Å². The second-order valence-electron chi connectivity index (χ2n) is 2.50. The highest BCUT2D eigenvalue weighted by atomic mass is 16.3. The Morgan fingerprint density at radius 1 is 1.46 bits per heavy atom. The molecule has 0 aliphatic carbocycles. The van der Waals surface area contributed by atoms with E-state index in [4.69, 9.17) is 10.2 Å². The highest BCUT2D eigenvalue weighted by Gasteiger charge is 2.00. The topological polar surface area (TPSA) is 52.0 Å². The molecule has 2 N–H and O–H groups in total. The molecule has 0 aliphatic rings. The highest BCUT2D eigenvalue weighted by Crippen LogP contribution is 2.16. The van der Waals surface area contributed by atoms with Crippen LogP contribution in [0.3, 0.4) is 0 Å². The second kappa shape index (κ2) is 3.30. The average molecular weight is 172 g/mol.